The maximum Gasteiger partial charge on any atom is 0.333 e. The number of pyridine rings is 1. The molecule has 0 bridgehead atoms. The highest BCUT2D eigenvalue weighted by atomic mass is 16.5. The van der Waals surface area contributed by atoms with Crippen LogP contribution in [0.4, 0.5) is 0 Å². The average molecular weight is 436 g/mol. The molecule has 1 amide bonds. The molecule has 1 heterocycles. The van der Waals surface area contributed by atoms with Crippen molar-refractivity contribution < 1.29 is 14.3 Å². The number of nitrogens with one attached hydrogen (secondary N) is 1. The monoisotopic (exact) mass is 435 g/mol. The van der Waals surface area contributed by atoms with Gasteiger partial charge in [-0.25, -0.2) is 4.79 Å². The number of carbonyl (C=O) groups excluding carboxylic acids is 2. The lowest BCUT2D eigenvalue weighted by Crippen LogP contribution is -2.39. The maximum absolute atomic E-state index is 13.3. The van der Waals surface area contributed by atoms with Crippen LogP contribution in [0, 0.1) is 11.3 Å². The number of benzene rings is 1. The second-order valence-electron chi connectivity index (χ2n) is 8.00. The van der Waals surface area contributed by atoms with Gasteiger partial charge in [0.2, 0.25) is 0 Å². The number of fused-ring (bicyclic) bond motifs is 1. The van der Waals surface area contributed by atoms with Gasteiger partial charge in [0, 0.05) is 18.7 Å². The van der Waals surface area contributed by atoms with Crippen molar-refractivity contribution in [2.45, 2.75) is 64.0 Å². The van der Waals surface area contributed by atoms with Gasteiger partial charge in [0.05, 0.1) is 13.2 Å². The number of hydrogen-bond donors (Lipinski definition) is 1. The van der Waals surface area contributed by atoms with E-state index in [9.17, 15) is 14.4 Å². The molecule has 1 aliphatic rings. The lowest BCUT2D eigenvalue weighted by atomic mass is 9.95. The molecular weight excluding hydrogens is 406 g/mol. The van der Waals surface area contributed by atoms with Gasteiger partial charge in [0.1, 0.15) is 5.56 Å². The number of methoxy groups -OCH3 is 1. The number of amides is 1. The number of nitrogens with zero attached hydrogens (tertiary/aromatic N) is 2. The number of aryl methyl sites for hydroxylation is 1. The van der Waals surface area contributed by atoms with Crippen molar-refractivity contribution in [3.05, 3.63) is 69.1 Å². The van der Waals surface area contributed by atoms with E-state index in [1.807, 2.05) is 6.07 Å². The van der Waals surface area contributed by atoms with Crippen LogP contribution in [0.3, 0.4) is 0 Å². The summed E-state index contributed by atoms with van der Waals surface area (Å²) in [5, 5.41) is 11.6. The average Bonchev–Trinajstić information content (AvgIpc) is 2.79. The standard InChI is InChI=1S/C25H29N3O4/c1-32-25(31)22(18-11-6-4-7-12-18)27-23(29)20-17-19-13-5-2-3-8-14-21(19)28(24(20)30)16-10-9-15-26/h4,6-7,11-12,17,22H,2-3,5,8-10,13-14,16H2,1H3,(H,27,29). The zero-order valence-corrected chi connectivity index (χ0v) is 18.4. The summed E-state index contributed by atoms with van der Waals surface area (Å²) in [4.78, 5) is 38.9. The molecule has 3 rings (SSSR count). The largest absolute Gasteiger partial charge is 0.467 e. The van der Waals surface area contributed by atoms with Crippen molar-refractivity contribution in [3.63, 3.8) is 0 Å². The second-order valence-corrected chi connectivity index (χ2v) is 8.00. The molecule has 2 aromatic rings. The molecule has 1 unspecified atom stereocenters. The molecule has 0 saturated carbocycles. The minimum Gasteiger partial charge on any atom is -0.467 e. The fourth-order valence-corrected chi connectivity index (χ4v) is 4.20. The number of aromatic nitrogens is 1. The summed E-state index contributed by atoms with van der Waals surface area (Å²) in [6.07, 6.45) is 6.70. The van der Waals surface area contributed by atoms with Crippen LogP contribution < -0.4 is 10.9 Å². The van der Waals surface area contributed by atoms with E-state index in [2.05, 4.69) is 11.4 Å². The highest BCUT2D eigenvalue weighted by Crippen LogP contribution is 2.21. The SMILES string of the molecule is COC(=O)C(NC(=O)c1cc2c(n(CCCC#N)c1=O)CCCCCC2)c1ccccc1. The molecule has 32 heavy (non-hydrogen) atoms. The topological polar surface area (TPSA) is 101 Å². The van der Waals surface area contributed by atoms with Crippen LogP contribution in [-0.2, 0) is 28.9 Å². The van der Waals surface area contributed by atoms with Gasteiger partial charge < -0.3 is 14.6 Å². The summed E-state index contributed by atoms with van der Waals surface area (Å²) < 4.78 is 6.55. The first-order valence-electron chi connectivity index (χ1n) is 11.1. The van der Waals surface area contributed by atoms with Gasteiger partial charge in [0.15, 0.2) is 6.04 Å². The number of esters is 1. The van der Waals surface area contributed by atoms with Crippen molar-refractivity contribution in [1.82, 2.24) is 9.88 Å². The Kier molecular flexibility index (Phi) is 8.20. The highest BCUT2D eigenvalue weighted by Gasteiger charge is 2.27. The number of ether oxygens (including phenoxy) is 1. The summed E-state index contributed by atoms with van der Waals surface area (Å²) in [7, 11) is 1.26. The third-order valence-electron chi connectivity index (χ3n) is 5.86. The quantitative estimate of drug-likeness (QED) is 0.530. The van der Waals surface area contributed by atoms with Crippen LogP contribution in [0.5, 0.6) is 0 Å². The van der Waals surface area contributed by atoms with Crippen molar-refractivity contribution >= 4 is 11.9 Å². The Hall–Kier alpha value is -3.40. The van der Waals surface area contributed by atoms with Crippen LogP contribution in [0.2, 0.25) is 0 Å². The molecule has 1 aliphatic carbocycles. The van der Waals surface area contributed by atoms with Gasteiger partial charge in [-0.15, -0.1) is 0 Å². The lowest BCUT2D eigenvalue weighted by Gasteiger charge is -2.22. The molecule has 7 heteroatoms. The van der Waals surface area contributed by atoms with E-state index in [0.29, 0.717) is 24.9 Å². The van der Waals surface area contributed by atoms with Crippen molar-refractivity contribution in [2.24, 2.45) is 0 Å². The molecule has 168 valence electrons. The summed E-state index contributed by atoms with van der Waals surface area (Å²) in [6, 6.07) is 11.6. The summed E-state index contributed by atoms with van der Waals surface area (Å²) in [5.74, 6) is -1.21. The molecule has 1 N–H and O–H groups in total. The van der Waals surface area contributed by atoms with Crippen molar-refractivity contribution in [1.29, 1.82) is 5.26 Å². The normalized spacial score (nSPS) is 14.2. The predicted octanol–water partition coefficient (Wildman–Crippen LogP) is 3.46. The smallest absolute Gasteiger partial charge is 0.333 e. The summed E-state index contributed by atoms with van der Waals surface area (Å²) >= 11 is 0. The Morgan fingerprint density at radius 1 is 1.16 bits per heavy atom. The number of hydrogen-bond acceptors (Lipinski definition) is 5. The van der Waals surface area contributed by atoms with Gasteiger partial charge in [0.25, 0.3) is 11.5 Å². The summed E-state index contributed by atoms with van der Waals surface area (Å²) in [5.41, 5.74) is 2.19. The highest BCUT2D eigenvalue weighted by molar-refractivity contribution is 5.97. The molecule has 0 saturated heterocycles. The maximum atomic E-state index is 13.3. The zero-order valence-electron chi connectivity index (χ0n) is 18.4. The molecule has 7 nitrogen and oxygen atoms in total. The van der Waals surface area contributed by atoms with Crippen molar-refractivity contribution in [2.75, 3.05) is 7.11 Å². The Labute approximate surface area is 188 Å². The third-order valence-corrected chi connectivity index (χ3v) is 5.86. The van der Waals surface area contributed by atoms with E-state index >= 15 is 0 Å². The van der Waals surface area contributed by atoms with E-state index < -0.39 is 17.9 Å². The number of carbonyl (C=O) groups is 2. The first-order valence-corrected chi connectivity index (χ1v) is 11.1. The molecular formula is C25H29N3O4. The second kappa shape index (κ2) is 11.3. The van der Waals surface area contributed by atoms with E-state index in [1.165, 1.54) is 7.11 Å². The van der Waals surface area contributed by atoms with Gasteiger partial charge in [-0.05, 0) is 49.3 Å². The van der Waals surface area contributed by atoms with Gasteiger partial charge in [-0.2, -0.15) is 5.26 Å². The molecule has 1 aromatic heterocycles. The fraction of sp³-hybridized carbons (Fsp3) is 0.440. The Morgan fingerprint density at radius 3 is 2.56 bits per heavy atom. The Bertz CT molecular complexity index is 1050. The fourth-order valence-electron chi connectivity index (χ4n) is 4.20. The first kappa shape index (κ1) is 23.3. The number of rotatable bonds is 7. The minimum atomic E-state index is -1.01. The molecule has 0 aliphatic heterocycles. The first-order chi connectivity index (χ1) is 15.6. The zero-order chi connectivity index (χ0) is 22.9. The minimum absolute atomic E-state index is 0.0196. The Balaban J connectivity index is 1.99. The predicted molar refractivity (Wildman–Crippen MR) is 120 cm³/mol. The van der Waals surface area contributed by atoms with Gasteiger partial charge in [-0.1, -0.05) is 43.2 Å². The van der Waals surface area contributed by atoms with E-state index in [-0.39, 0.29) is 11.1 Å². The van der Waals surface area contributed by atoms with Crippen LogP contribution in [0.15, 0.2) is 41.2 Å². The van der Waals surface area contributed by atoms with Crippen molar-refractivity contribution in [3.8, 4) is 6.07 Å². The van der Waals surface area contributed by atoms with Crippen LogP contribution in [0.1, 0.15) is 71.7 Å². The number of nitriles is 1. The van der Waals surface area contributed by atoms with E-state index in [1.54, 1.807) is 34.9 Å². The van der Waals surface area contributed by atoms with Gasteiger partial charge >= 0.3 is 5.97 Å². The van der Waals surface area contributed by atoms with Crippen LogP contribution >= 0.6 is 0 Å². The number of unbranched alkanes of at least 4 members (excludes halogenated alkanes) is 1. The molecule has 0 radical (unpaired) electrons. The summed E-state index contributed by atoms with van der Waals surface area (Å²) in [6.45, 7) is 0.398. The Morgan fingerprint density at radius 2 is 1.88 bits per heavy atom. The van der Waals surface area contributed by atoms with Gasteiger partial charge in [-0.3, -0.25) is 9.59 Å². The molecule has 1 aromatic carbocycles. The van der Waals surface area contributed by atoms with E-state index in [0.717, 1.165) is 49.8 Å². The van der Waals surface area contributed by atoms with E-state index in [4.69, 9.17) is 10.00 Å². The molecule has 1 atom stereocenters. The van der Waals surface area contributed by atoms with Crippen LogP contribution in [0.25, 0.3) is 0 Å². The molecule has 0 spiro atoms. The lowest BCUT2D eigenvalue weighted by molar-refractivity contribution is -0.143. The van der Waals surface area contributed by atoms with Crippen LogP contribution in [-0.4, -0.2) is 23.6 Å². The molecule has 0 fully saturated rings. The third kappa shape index (κ3) is 5.44.